The minimum Gasteiger partial charge on any atom is -0.506 e. The first-order chi connectivity index (χ1) is 18.1. The van der Waals surface area contributed by atoms with Crippen LogP contribution >= 0.6 is 0 Å². The van der Waals surface area contributed by atoms with Crippen LogP contribution in [0.25, 0.3) is 0 Å². The Hall–Kier alpha value is -3.77. The summed E-state index contributed by atoms with van der Waals surface area (Å²) in [5, 5.41) is 22.7. The number of ketones is 5. The number of likely N-dealkylation sites (N-methyl/N-ethyl adjacent to an activating group) is 1. The Balaban J connectivity index is 2.04. The number of carbonyl (C=O) groups is 7. The molecule has 0 aliphatic heterocycles. The van der Waals surface area contributed by atoms with Crippen molar-refractivity contribution >= 4 is 40.8 Å². The van der Waals surface area contributed by atoms with Crippen LogP contribution in [-0.4, -0.2) is 87.7 Å². The van der Waals surface area contributed by atoms with Crippen LogP contribution in [0, 0.1) is 23.7 Å². The van der Waals surface area contributed by atoms with Crippen molar-refractivity contribution in [3.63, 3.8) is 0 Å². The molecule has 4 rings (SSSR count). The van der Waals surface area contributed by atoms with Crippen LogP contribution in [0.15, 0.2) is 12.1 Å². The number of fused-ring (bicyclic) bond motifs is 3. The number of aliphatic hydroxyl groups is 1. The van der Waals surface area contributed by atoms with Gasteiger partial charge in [0.15, 0.2) is 40.4 Å². The third-order valence-electron chi connectivity index (χ3n) is 8.40. The van der Waals surface area contributed by atoms with Crippen LogP contribution in [0.1, 0.15) is 59.4 Å². The third-order valence-corrected chi connectivity index (χ3v) is 8.40. The van der Waals surface area contributed by atoms with E-state index < -0.39 is 93.9 Å². The second kappa shape index (κ2) is 9.45. The van der Waals surface area contributed by atoms with Gasteiger partial charge < -0.3 is 20.7 Å². The van der Waals surface area contributed by atoms with Crippen LogP contribution in [0.5, 0.6) is 5.75 Å². The molecule has 3 unspecified atom stereocenters. The molecule has 1 aromatic rings. The van der Waals surface area contributed by atoms with Gasteiger partial charge in [-0.05, 0) is 38.6 Å². The Kier molecular flexibility index (Phi) is 6.85. The van der Waals surface area contributed by atoms with Gasteiger partial charge in [-0.15, -0.1) is 0 Å². The van der Waals surface area contributed by atoms with Gasteiger partial charge in [-0.1, -0.05) is 19.9 Å². The topological polar surface area (TPSA) is 198 Å². The summed E-state index contributed by atoms with van der Waals surface area (Å²) in [5.74, 6) is -15.6. The number of hydrogen-bond acceptors (Lipinski definition) is 11. The number of carbonyl (C=O) groups excluding carboxylic acids is 7. The lowest BCUT2D eigenvalue weighted by atomic mass is 9.49. The molecule has 8 atom stereocenters. The van der Waals surface area contributed by atoms with Gasteiger partial charge in [-0.25, -0.2) is 0 Å². The van der Waals surface area contributed by atoms with E-state index in [1.165, 1.54) is 45.0 Å². The molecule has 3 aliphatic rings. The number of Topliss-reactive ketones (excluding diaryl/α,β-unsaturated/α-hetero) is 5. The maximum absolute atomic E-state index is 14.1. The summed E-state index contributed by atoms with van der Waals surface area (Å²) in [5.41, 5.74) is 2.04. The molecule has 0 aromatic heterocycles. The normalized spacial score (nSPS) is 33.8. The van der Waals surface area contributed by atoms with Crippen LogP contribution in [0.2, 0.25) is 0 Å². The molecule has 2 saturated carbocycles. The van der Waals surface area contributed by atoms with E-state index in [4.69, 9.17) is 10.5 Å². The Morgan fingerprint density at radius 2 is 1.72 bits per heavy atom. The lowest BCUT2D eigenvalue weighted by Crippen LogP contribution is -2.78. The molecule has 4 N–H and O–H groups in total. The average Bonchev–Trinajstić information content (AvgIpc) is 2.84. The summed E-state index contributed by atoms with van der Waals surface area (Å²) in [6.07, 6.45) is -1.63. The van der Waals surface area contributed by atoms with E-state index in [9.17, 15) is 43.8 Å². The van der Waals surface area contributed by atoms with E-state index in [0.717, 1.165) is 0 Å². The number of aromatic hydroxyl groups is 1. The van der Waals surface area contributed by atoms with Crippen LogP contribution in [0.3, 0.4) is 0 Å². The van der Waals surface area contributed by atoms with Crippen LogP contribution in [-0.2, 0) is 28.7 Å². The minimum absolute atomic E-state index is 0.132. The van der Waals surface area contributed by atoms with Crippen molar-refractivity contribution in [3.05, 3.63) is 28.8 Å². The van der Waals surface area contributed by atoms with Crippen molar-refractivity contribution in [2.75, 3.05) is 14.1 Å². The highest BCUT2D eigenvalue weighted by Gasteiger charge is 2.74. The Bertz CT molecular complexity index is 1350. The fourth-order valence-corrected chi connectivity index (χ4v) is 6.63. The number of esters is 1. The van der Waals surface area contributed by atoms with Gasteiger partial charge >= 0.3 is 5.97 Å². The lowest BCUT2D eigenvalue weighted by Gasteiger charge is -2.56. The lowest BCUT2D eigenvalue weighted by molar-refractivity contribution is -0.205. The molecule has 208 valence electrons. The summed E-state index contributed by atoms with van der Waals surface area (Å²) in [6.45, 7) is 4.29. The van der Waals surface area contributed by atoms with Crippen LogP contribution in [0.4, 0.5) is 0 Å². The molecule has 0 bridgehead atoms. The largest absolute Gasteiger partial charge is 0.506 e. The number of nitrogens with zero attached hydrogens (tertiary/aromatic N) is 1. The summed E-state index contributed by atoms with van der Waals surface area (Å²) in [6, 6.07) is 1.34. The number of hydrogen-bond donors (Lipinski definition) is 3. The fraction of sp³-hybridized carbons (Fsp3) is 0.519. The predicted molar refractivity (Wildman–Crippen MR) is 132 cm³/mol. The molecule has 0 radical (unpaired) electrons. The smallest absolute Gasteiger partial charge is 0.305 e. The van der Waals surface area contributed by atoms with Gasteiger partial charge in [0.2, 0.25) is 5.91 Å². The first-order valence-electron chi connectivity index (χ1n) is 12.5. The Morgan fingerprint density at radius 1 is 1.10 bits per heavy atom. The van der Waals surface area contributed by atoms with Crippen molar-refractivity contribution in [2.45, 2.75) is 50.9 Å². The van der Waals surface area contributed by atoms with Gasteiger partial charge in [-0.3, -0.25) is 38.5 Å². The minimum atomic E-state index is -3.09. The number of nitrogens with two attached hydrogens (primary N) is 1. The molecule has 1 aromatic carbocycles. The van der Waals surface area contributed by atoms with E-state index in [0.29, 0.717) is 0 Å². The Morgan fingerprint density at radius 3 is 2.23 bits per heavy atom. The van der Waals surface area contributed by atoms with Gasteiger partial charge in [0.05, 0.1) is 29.0 Å². The number of amides is 1. The summed E-state index contributed by atoms with van der Waals surface area (Å²) < 4.78 is 5.72. The molecule has 12 nitrogen and oxygen atoms in total. The van der Waals surface area contributed by atoms with Crippen molar-refractivity contribution in [2.24, 2.45) is 29.4 Å². The van der Waals surface area contributed by atoms with E-state index in [1.807, 2.05) is 0 Å². The molecule has 2 fully saturated rings. The number of phenols is 1. The highest BCUT2D eigenvalue weighted by Crippen LogP contribution is 2.55. The predicted octanol–water partition coefficient (Wildman–Crippen LogP) is -0.438. The first kappa shape index (κ1) is 28.2. The fourth-order valence-electron chi connectivity index (χ4n) is 6.63. The SMILES string of the molecule is CCC(=O)O[C@H]1[C@H]2C(C(=O)c3c(ccc(C(C)=O)c3O)[C@@H]2C)C(=O)[C@]2(O)C(=O)C(C(N)=O)C(=O)C(N(C)C)[C@H]12. The number of rotatable bonds is 5. The van der Waals surface area contributed by atoms with E-state index in [2.05, 4.69) is 0 Å². The molecule has 39 heavy (non-hydrogen) atoms. The van der Waals surface area contributed by atoms with E-state index in [1.54, 1.807) is 6.92 Å². The standard InChI is InChI=1S/C27H30N2O10/c1-6-13(31)39-23-14-9(2)11-7-8-12(10(3)30)20(32)15(11)21(33)16(14)24(35)27(38)18(23)19(29(4)5)22(34)17(25(27)36)26(28)37/h7-9,14,16-19,23,32,38H,6H2,1-5H3,(H2,28,37)/t9-,14+,16?,17?,18+,19?,23-,27-/m0/s1. The molecule has 1 amide bonds. The van der Waals surface area contributed by atoms with E-state index >= 15 is 0 Å². The third kappa shape index (κ3) is 3.76. The molecule has 0 heterocycles. The highest BCUT2D eigenvalue weighted by molar-refractivity contribution is 6.32. The summed E-state index contributed by atoms with van der Waals surface area (Å²) >= 11 is 0. The second-order valence-corrected chi connectivity index (χ2v) is 10.7. The zero-order valence-electron chi connectivity index (χ0n) is 22.1. The second-order valence-electron chi connectivity index (χ2n) is 10.7. The van der Waals surface area contributed by atoms with Crippen molar-refractivity contribution in [1.29, 1.82) is 0 Å². The molecule has 12 heteroatoms. The quantitative estimate of drug-likeness (QED) is 0.248. The zero-order chi connectivity index (χ0) is 29.3. The van der Waals surface area contributed by atoms with E-state index in [-0.39, 0.29) is 23.1 Å². The number of benzene rings is 1. The van der Waals surface area contributed by atoms with Gasteiger partial charge in [-0.2, -0.15) is 0 Å². The summed E-state index contributed by atoms with van der Waals surface area (Å²) in [7, 11) is 2.86. The molecular formula is C27H30N2O10. The molecule has 3 aliphatic carbocycles. The summed E-state index contributed by atoms with van der Waals surface area (Å²) in [4.78, 5) is 93.2. The van der Waals surface area contributed by atoms with Gasteiger partial charge in [0.25, 0.3) is 0 Å². The monoisotopic (exact) mass is 542 g/mol. The maximum atomic E-state index is 14.1. The van der Waals surface area contributed by atoms with Gasteiger partial charge in [0, 0.05) is 12.3 Å². The van der Waals surface area contributed by atoms with Crippen molar-refractivity contribution in [3.8, 4) is 5.75 Å². The molecule has 0 spiro atoms. The Labute approximate surface area is 223 Å². The average molecular weight is 543 g/mol. The number of phenolic OH excluding ortho intramolecular Hbond substituents is 1. The van der Waals surface area contributed by atoms with Crippen LogP contribution < -0.4 is 5.73 Å². The molecular weight excluding hydrogens is 512 g/mol. The van der Waals surface area contributed by atoms with Gasteiger partial charge in [0.1, 0.15) is 11.9 Å². The first-order valence-corrected chi connectivity index (χ1v) is 12.5. The number of ether oxygens (including phenoxy) is 1. The van der Waals surface area contributed by atoms with Crippen molar-refractivity contribution in [1.82, 2.24) is 4.90 Å². The highest BCUT2D eigenvalue weighted by atomic mass is 16.5. The number of primary amides is 1. The molecule has 0 saturated heterocycles. The van der Waals surface area contributed by atoms with Crippen molar-refractivity contribution < 1.29 is 48.5 Å². The maximum Gasteiger partial charge on any atom is 0.305 e. The zero-order valence-corrected chi connectivity index (χ0v) is 22.1.